The zero-order chi connectivity index (χ0) is 28.2. The molecule has 0 unspecified atom stereocenters. The minimum absolute atomic E-state index is 0.160. The van der Waals surface area contributed by atoms with Gasteiger partial charge in [-0.2, -0.15) is 0 Å². The Labute approximate surface area is 238 Å². The molecule has 0 aliphatic carbocycles. The van der Waals surface area contributed by atoms with E-state index in [1.807, 2.05) is 42.5 Å². The van der Waals surface area contributed by atoms with E-state index in [1.54, 1.807) is 24.3 Å². The number of ether oxygens (including phenoxy) is 2. The van der Waals surface area contributed by atoms with E-state index in [2.05, 4.69) is 5.32 Å². The van der Waals surface area contributed by atoms with E-state index in [-0.39, 0.29) is 15.6 Å². The van der Waals surface area contributed by atoms with E-state index in [9.17, 15) is 18.8 Å². The van der Waals surface area contributed by atoms with Crippen molar-refractivity contribution in [2.75, 3.05) is 19.0 Å². The molecule has 1 aliphatic heterocycles. The fourth-order valence-corrected chi connectivity index (χ4v) is 5.19. The second kappa shape index (κ2) is 11.8. The van der Waals surface area contributed by atoms with Gasteiger partial charge in [0, 0.05) is 5.69 Å². The minimum atomic E-state index is -0.628. The highest BCUT2D eigenvalue weighted by atomic mass is 35.5. The Bertz CT molecular complexity index is 1670. The van der Waals surface area contributed by atoms with Gasteiger partial charge in [0.05, 0.1) is 17.0 Å². The van der Waals surface area contributed by atoms with E-state index in [4.69, 9.17) is 21.1 Å². The molecule has 5 rings (SSSR count). The smallest absolute Gasteiger partial charge is 0.294 e. The van der Waals surface area contributed by atoms with Crippen LogP contribution in [0.1, 0.15) is 11.1 Å². The van der Waals surface area contributed by atoms with Crippen LogP contribution < -0.4 is 14.8 Å². The van der Waals surface area contributed by atoms with E-state index in [1.165, 1.54) is 19.2 Å². The molecule has 0 aromatic heterocycles. The van der Waals surface area contributed by atoms with Crippen molar-refractivity contribution in [2.45, 2.75) is 6.61 Å². The topological polar surface area (TPSA) is 84.9 Å². The van der Waals surface area contributed by atoms with Crippen LogP contribution in [0.25, 0.3) is 16.8 Å². The molecule has 10 heteroatoms. The molecule has 1 N–H and O–H groups in total. The first-order valence-corrected chi connectivity index (χ1v) is 13.3. The van der Waals surface area contributed by atoms with Gasteiger partial charge >= 0.3 is 0 Å². The number of carbonyl (C=O) groups is 3. The summed E-state index contributed by atoms with van der Waals surface area (Å²) >= 11 is 6.47. The summed E-state index contributed by atoms with van der Waals surface area (Å²) in [6, 6.07) is 23.0. The predicted octanol–water partition coefficient (Wildman–Crippen LogP) is 6.89. The van der Waals surface area contributed by atoms with E-state index in [0.29, 0.717) is 23.7 Å². The molecule has 4 aromatic carbocycles. The van der Waals surface area contributed by atoms with Gasteiger partial charge in [0.15, 0.2) is 11.5 Å². The molecule has 0 spiro atoms. The number of carbonyl (C=O) groups excluding carboxylic acids is 3. The maximum Gasteiger partial charge on any atom is 0.294 e. The lowest BCUT2D eigenvalue weighted by Gasteiger charge is -2.13. The molecule has 1 saturated heterocycles. The van der Waals surface area contributed by atoms with Crippen LogP contribution in [0.15, 0.2) is 83.8 Å². The lowest BCUT2D eigenvalue weighted by atomic mass is 10.1. The lowest BCUT2D eigenvalue weighted by molar-refractivity contribution is -0.127. The van der Waals surface area contributed by atoms with Crippen molar-refractivity contribution >= 4 is 63.0 Å². The number of hydrogen-bond acceptors (Lipinski definition) is 6. The summed E-state index contributed by atoms with van der Waals surface area (Å²) in [4.78, 5) is 38.8. The molecular weight excluding hydrogens is 555 g/mol. The molecule has 0 saturated carbocycles. The number of imide groups is 1. The van der Waals surface area contributed by atoms with Crippen LogP contribution in [0.5, 0.6) is 11.5 Å². The molecular formula is C30H22ClFN2O5S. The molecule has 1 fully saturated rings. The molecule has 4 aromatic rings. The van der Waals surface area contributed by atoms with Crippen molar-refractivity contribution in [3.8, 4) is 11.5 Å². The number of amides is 3. The highest BCUT2D eigenvalue weighted by molar-refractivity contribution is 8.18. The number of benzene rings is 4. The third kappa shape index (κ3) is 5.95. The Morgan fingerprint density at radius 1 is 1.02 bits per heavy atom. The minimum Gasteiger partial charge on any atom is -0.493 e. The highest BCUT2D eigenvalue weighted by Crippen LogP contribution is 2.35. The van der Waals surface area contributed by atoms with Crippen molar-refractivity contribution in [1.29, 1.82) is 0 Å². The van der Waals surface area contributed by atoms with Crippen molar-refractivity contribution in [3.63, 3.8) is 0 Å². The van der Waals surface area contributed by atoms with Crippen LogP contribution in [0, 0.1) is 5.82 Å². The molecule has 0 atom stereocenters. The maximum atomic E-state index is 13.4. The average Bonchev–Trinajstić information content (AvgIpc) is 3.21. The quantitative estimate of drug-likeness (QED) is 0.230. The normalized spacial score (nSPS) is 14.2. The van der Waals surface area contributed by atoms with Crippen LogP contribution in [0.4, 0.5) is 14.9 Å². The zero-order valence-electron chi connectivity index (χ0n) is 21.1. The number of fused-ring (bicyclic) bond motifs is 1. The summed E-state index contributed by atoms with van der Waals surface area (Å²) in [5.41, 5.74) is 1.89. The first-order valence-electron chi connectivity index (χ1n) is 12.1. The van der Waals surface area contributed by atoms with Gasteiger partial charge < -0.3 is 14.8 Å². The van der Waals surface area contributed by atoms with Crippen molar-refractivity contribution in [2.24, 2.45) is 0 Å². The van der Waals surface area contributed by atoms with Crippen LogP contribution in [0.2, 0.25) is 5.02 Å². The van der Waals surface area contributed by atoms with E-state index in [0.717, 1.165) is 39.1 Å². The molecule has 1 heterocycles. The molecule has 1 aliphatic rings. The van der Waals surface area contributed by atoms with E-state index < -0.39 is 29.4 Å². The number of methoxy groups -OCH3 is 1. The van der Waals surface area contributed by atoms with Crippen LogP contribution in [0.3, 0.4) is 0 Å². The maximum absolute atomic E-state index is 13.4. The fraction of sp³-hybridized carbons (Fsp3) is 0.100. The summed E-state index contributed by atoms with van der Waals surface area (Å²) in [5.74, 6) is -0.862. The van der Waals surface area contributed by atoms with Crippen molar-refractivity contribution in [1.82, 2.24) is 4.90 Å². The molecule has 40 heavy (non-hydrogen) atoms. The van der Waals surface area contributed by atoms with Gasteiger partial charge in [0.2, 0.25) is 5.91 Å². The highest BCUT2D eigenvalue weighted by Gasteiger charge is 2.36. The van der Waals surface area contributed by atoms with Crippen LogP contribution >= 0.6 is 23.4 Å². The number of rotatable bonds is 8. The second-order valence-corrected chi connectivity index (χ2v) is 10.2. The third-order valence-corrected chi connectivity index (χ3v) is 7.32. The zero-order valence-corrected chi connectivity index (χ0v) is 22.7. The standard InChI is InChI=1S/C30H22ClFN2O5S/c1-38-26-13-18(9-12-25(26)39-17-20-7-4-6-19-5-2-3-8-22(19)20)14-27-29(36)34(30(37)40-27)16-28(35)33-21-10-11-24(32)23(31)15-21/h2-15H,16-17H2,1H3,(H,33,35)/b27-14+. The number of nitrogens with zero attached hydrogens (tertiary/aromatic N) is 1. The predicted molar refractivity (Wildman–Crippen MR) is 154 cm³/mol. The van der Waals surface area contributed by atoms with Gasteiger partial charge in [-0.3, -0.25) is 19.3 Å². The monoisotopic (exact) mass is 576 g/mol. The molecule has 7 nitrogen and oxygen atoms in total. The van der Waals surface area contributed by atoms with Crippen LogP contribution in [-0.4, -0.2) is 35.6 Å². The summed E-state index contributed by atoms with van der Waals surface area (Å²) in [6.07, 6.45) is 1.56. The Kier molecular flexibility index (Phi) is 8.04. The van der Waals surface area contributed by atoms with Gasteiger partial charge in [-0.15, -0.1) is 0 Å². The summed E-state index contributed by atoms with van der Waals surface area (Å²) in [7, 11) is 1.52. The molecule has 202 valence electrons. The van der Waals surface area contributed by atoms with E-state index >= 15 is 0 Å². The van der Waals surface area contributed by atoms with Gasteiger partial charge in [0.25, 0.3) is 11.1 Å². The second-order valence-electron chi connectivity index (χ2n) is 8.78. The molecule has 0 radical (unpaired) electrons. The summed E-state index contributed by atoms with van der Waals surface area (Å²) in [6.45, 7) is -0.163. The Balaban J connectivity index is 1.26. The third-order valence-electron chi connectivity index (χ3n) is 6.13. The number of halogens is 2. The van der Waals surface area contributed by atoms with Crippen molar-refractivity contribution in [3.05, 3.63) is 106 Å². The molecule has 3 amide bonds. The number of thioether (sulfide) groups is 1. The Hall–Kier alpha value is -4.34. The van der Waals surface area contributed by atoms with Gasteiger partial charge in [-0.25, -0.2) is 4.39 Å². The summed E-state index contributed by atoms with van der Waals surface area (Å²) < 4.78 is 24.9. The first kappa shape index (κ1) is 27.2. The van der Waals surface area contributed by atoms with Gasteiger partial charge in [0.1, 0.15) is 19.0 Å². The average molecular weight is 577 g/mol. The largest absolute Gasteiger partial charge is 0.493 e. The number of hydrogen-bond donors (Lipinski definition) is 1. The first-order chi connectivity index (χ1) is 19.3. The van der Waals surface area contributed by atoms with Gasteiger partial charge in [-0.1, -0.05) is 60.1 Å². The number of nitrogens with one attached hydrogen (secondary N) is 1. The number of anilines is 1. The van der Waals surface area contributed by atoms with Gasteiger partial charge in [-0.05, 0) is 70.1 Å². The lowest BCUT2D eigenvalue weighted by Crippen LogP contribution is -2.36. The van der Waals surface area contributed by atoms with Crippen molar-refractivity contribution < 1.29 is 28.2 Å². The SMILES string of the molecule is COc1cc(/C=C2/SC(=O)N(CC(=O)Nc3ccc(F)c(Cl)c3)C2=O)ccc1OCc1cccc2ccccc12. The summed E-state index contributed by atoms with van der Waals surface area (Å²) in [5, 5.41) is 3.99. The fourth-order valence-electron chi connectivity index (χ4n) is 4.17. The Morgan fingerprint density at radius 2 is 1.82 bits per heavy atom. The van der Waals surface area contributed by atoms with Crippen LogP contribution in [-0.2, 0) is 16.2 Å². The Morgan fingerprint density at radius 3 is 2.62 bits per heavy atom. The molecule has 0 bridgehead atoms.